The van der Waals surface area contributed by atoms with Crippen LogP contribution in [-0.2, 0) is 64.1 Å². The van der Waals surface area contributed by atoms with Crippen molar-refractivity contribution in [2.45, 2.75) is 172 Å². The number of nitrogens with two attached hydrogens (primary N) is 1. The molecule has 0 saturated heterocycles. The number of aromatic nitrogens is 4. The lowest BCUT2D eigenvalue weighted by Gasteiger charge is -2.24. The Hall–Kier alpha value is -11.4. The maximum atomic E-state index is 13.6. The Labute approximate surface area is 635 Å². The zero-order valence-electron chi connectivity index (χ0n) is 59.9. The average molecular weight is 1570 g/mol. The van der Waals surface area contributed by atoms with Gasteiger partial charge in [-0.3, -0.25) is 78.1 Å². The molecule has 4 aromatic rings. The van der Waals surface area contributed by atoms with Crippen molar-refractivity contribution in [2.24, 2.45) is 0 Å². The monoisotopic (exact) mass is 1570 g/mol. The van der Waals surface area contributed by atoms with Gasteiger partial charge in [-0.2, -0.15) is 4.98 Å². The molecule has 0 spiro atoms. The van der Waals surface area contributed by atoms with Crippen molar-refractivity contribution in [1.82, 2.24) is 77.7 Å². The number of unbranched alkanes of at least 4 members (excludes halogenated alkanes) is 7. The Morgan fingerprint density at radius 3 is 1.47 bits per heavy atom. The Morgan fingerprint density at radius 1 is 0.495 bits per heavy atom. The standard InChI is InChI=1S/C67H95N19O21S2/c1-40(87)84(105)34-10-2-6-30-69-50(88)25-27-53(91)85(106)35-11-3-7-31-70-51(89)26-28-54(92)86(107)36-12-4-8-32-71-66(108)76-43-18-20-44(21-19-43)77-67(109)72-33-9-5-13-47(63(101)102)80-61(99)49(37-56(95)96)81-60(98)46(23-29-55(93)94)78-52(90)24-22-48(64(103)104)79-59(97)41-14-16-42(17-15-41)73-38-45-39-74-58-57(75-45)62(100)83-65(68)82-58/h14-21,39,46-49,73,105-107H,2-13,22-38H2,1H3,(H,69,88)(H,70,89)(H,78,90)(H,79,97)(H,80,99)(H,81,98)(H,93,94)(H,95,96)(H,101,102)(H,103,104)(H2,71,76,108)(H2,72,77,109)(H3,68,74,82,83,100)/t46-,47-,48-,49-/m0/s1. The minimum absolute atomic E-state index is 0.0252. The first-order valence-corrected chi connectivity index (χ1v) is 35.8. The third kappa shape index (κ3) is 36.7. The second kappa shape index (κ2) is 48.8. The van der Waals surface area contributed by atoms with E-state index in [0.717, 1.165) is 0 Å². The lowest BCUT2D eigenvalue weighted by Crippen LogP contribution is -2.56. The number of aliphatic carboxylic acids is 4. The molecule has 0 aliphatic rings. The normalized spacial score (nSPS) is 11.9. The first kappa shape index (κ1) is 90.0. The maximum Gasteiger partial charge on any atom is 0.326 e. The third-order valence-corrected chi connectivity index (χ3v) is 16.5. The molecule has 4 rings (SSSR count). The fourth-order valence-electron chi connectivity index (χ4n) is 10.0. The molecule has 0 bridgehead atoms. The highest BCUT2D eigenvalue weighted by molar-refractivity contribution is 7.80. The summed E-state index contributed by atoms with van der Waals surface area (Å²) < 4.78 is 0. The van der Waals surface area contributed by atoms with Crippen LogP contribution in [-0.4, -0.2) is 228 Å². The van der Waals surface area contributed by atoms with E-state index in [1.807, 2.05) is 0 Å². The number of nitrogens with zero attached hydrogens (tertiary/aromatic N) is 6. The van der Waals surface area contributed by atoms with Crippen LogP contribution in [0.3, 0.4) is 0 Å². The van der Waals surface area contributed by atoms with Crippen LogP contribution in [0.1, 0.15) is 158 Å². The first-order chi connectivity index (χ1) is 51.9. The summed E-state index contributed by atoms with van der Waals surface area (Å²) in [6, 6.07) is 5.81. The highest BCUT2D eigenvalue weighted by Crippen LogP contribution is 2.16. The number of carboxylic acids is 4. The van der Waals surface area contributed by atoms with Gasteiger partial charge in [0.15, 0.2) is 21.4 Å². The first-order valence-electron chi connectivity index (χ1n) is 35.0. The molecule has 0 fully saturated rings. The summed E-state index contributed by atoms with van der Waals surface area (Å²) in [5.74, 6) is -12.8. The van der Waals surface area contributed by atoms with Gasteiger partial charge in [-0.15, -0.1) is 0 Å². The molecule has 0 aliphatic heterocycles. The number of H-pyrrole nitrogens is 1. The smallest absolute Gasteiger partial charge is 0.326 e. The van der Waals surface area contributed by atoms with E-state index in [4.69, 9.17) is 30.2 Å². The van der Waals surface area contributed by atoms with Crippen LogP contribution >= 0.6 is 24.4 Å². The van der Waals surface area contributed by atoms with Crippen molar-refractivity contribution in [2.75, 3.05) is 67.5 Å². The summed E-state index contributed by atoms with van der Waals surface area (Å²) in [7, 11) is 0. The number of aromatic amines is 1. The number of hydroxylamine groups is 6. The number of benzene rings is 2. The molecular weight excluding hydrogens is 1470 g/mol. The van der Waals surface area contributed by atoms with Gasteiger partial charge in [-0.1, -0.05) is 0 Å². The number of anilines is 4. The molecule has 42 heteroatoms. The number of rotatable bonds is 51. The third-order valence-electron chi connectivity index (χ3n) is 16.0. The van der Waals surface area contributed by atoms with Crippen LogP contribution < -0.4 is 69.8 Å². The molecule has 2 aromatic heterocycles. The van der Waals surface area contributed by atoms with Crippen molar-refractivity contribution >= 4 is 146 Å². The number of thiocarbonyl (C=S) groups is 2. The molecule has 40 nitrogen and oxygen atoms in total. The molecule has 21 N–H and O–H groups in total. The summed E-state index contributed by atoms with van der Waals surface area (Å²) in [6.45, 7) is 3.07. The van der Waals surface area contributed by atoms with Crippen molar-refractivity contribution in [3.05, 3.63) is 76.3 Å². The molecule has 0 saturated carbocycles. The lowest BCUT2D eigenvalue weighted by atomic mass is 10.1. The average Bonchev–Trinajstić information content (AvgIpc) is 0.812. The number of carboxylic acid groups (broad SMARTS) is 4. The second-order valence-electron chi connectivity index (χ2n) is 24.8. The molecule has 2 aromatic carbocycles. The Bertz CT molecular complexity index is 3840. The van der Waals surface area contributed by atoms with Gasteiger partial charge in [0.05, 0.1) is 24.9 Å². The minimum atomic E-state index is -1.92. The van der Waals surface area contributed by atoms with Crippen LogP contribution in [0.2, 0.25) is 0 Å². The topological polar surface area (TPSA) is 603 Å². The molecular formula is C67H95N19O21S2. The van der Waals surface area contributed by atoms with Crippen LogP contribution in [0, 0.1) is 0 Å². The van der Waals surface area contributed by atoms with Crippen molar-refractivity contribution < 1.29 is 98.4 Å². The van der Waals surface area contributed by atoms with Crippen molar-refractivity contribution in [3.8, 4) is 0 Å². The van der Waals surface area contributed by atoms with Gasteiger partial charge < -0.3 is 84.6 Å². The fourth-order valence-corrected chi connectivity index (χ4v) is 10.5. The highest BCUT2D eigenvalue weighted by atomic mass is 32.1. The van der Waals surface area contributed by atoms with E-state index in [-0.39, 0.29) is 111 Å². The molecule has 109 heavy (non-hydrogen) atoms. The number of carbonyl (C=O) groups is 13. The van der Waals surface area contributed by atoms with Crippen LogP contribution in [0.5, 0.6) is 0 Å². The van der Waals surface area contributed by atoms with E-state index in [9.17, 15) is 103 Å². The number of amides is 9. The van der Waals surface area contributed by atoms with Gasteiger partial charge in [0.1, 0.15) is 24.2 Å². The highest BCUT2D eigenvalue weighted by Gasteiger charge is 2.32. The van der Waals surface area contributed by atoms with E-state index < -0.39 is 127 Å². The molecule has 596 valence electrons. The SMILES string of the molecule is CC(=O)N(O)CCCCCNC(=O)CCC(=O)N(O)CCCCCNC(=O)CCC(=O)N(O)CCCCCNC(=S)Nc1ccc(NC(=S)NCCCC[C@H](NC(=O)[C@H](CC(=O)O)NC(=O)[C@H](CCC(=O)O)NC(=O)CC[C@H](NC(=O)c2ccc(NCc3cnc4nc(N)[nH]c(=O)c4n3)cc2)C(=O)O)C(=O)O)cc1. The van der Waals surface area contributed by atoms with Gasteiger partial charge in [-0.05, 0) is 163 Å². The number of fused-ring (bicyclic) bond motifs is 1. The number of hydrogen-bond acceptors (Lipinski definition) is 24. The number of nitrogen functional groups attached to an aromatic ring is 1. The van der Waals surface area contributed by atoms with E-state index in [1.54, 1.807) is 24.3 Å². The summed E-state index contributed by atoms with van der Waals surface area (Å²) in [6.07, 6.45) is 2.82. The molecule has 0 unspecified atom stereocenters. The maximum absolute atomic E-state index is 13.6. The van der Waals surface area contributed by atoms with Gasteiger partial charge in [0, 0.05) is 114 Å². The zero-order chi connectivity index (χ0) is 80.4. The van der Waals surface area contributed by atoms with Crippen LogP contribution in [0.15, 0.2) is 59.5 Å². The van der Waals surface area contributed by atoms with Crippen LogP contribution in [0.25, 0.3) is 11.2 Å². The van der Waals surface area contributed by atoms with E-state index >= 15 is 0 Å². The number of nitrogens with one attached hydrogen (secondary N) is 12. The molecule has 0 aliphatic carbocycles. The Balaban J connectivity index is 1.07. The summed E-state index contributed by atoms with van der Waals surface area (Å²) in [5, 5.41) is 100. The van der Waals surface area contributed by atoms with Crippen LogP contribution in [0.4, 0.5) is 23.0 Å². The molecule has 0 radical (unpaired) electrons. The molecule has 2 heterocycles. The molecule has 9 amide bonds. The van der Waals surface area contributed by atoms with Gasteiger partial charge in [0.2, 0.25) is 53.2 Å². The van der Waals surface area contributed by atoms with Gasteiger partial charge in [0.25, 0.3) is 11.5 Å². The fraction of sp³-hybridized carbons (Fsp3) is 0.507. The van der Waals surface area contributed by atoms with E-state index in [1.165, 1.54) is 37.4 Å². The Kier molecular flexibility index (Phi) is 40.3. The van der Waals surface area contributed by atoms with E-state index in [2.05, 4.69) is 78.4 Å². The van der Waals surface area contributed by atoms with Crippen molar-refractivity contribution in [1.29, 1.82) is 0 Å². The van der Waals surface area contributed by atoms with E-state index in [0.29, 0.717) is 127 Å². The molecule has 4 atom stereocenters. The zero-order valence-corrected chi connectivity index (χ0v) is 61.6. The van der Waals surface area contributed by atoms with Gasteiger partial charge >= 0.3 is 23.9 Å². The largest absolute Gasteiger partial charge is 0.481 e. The second-order valence-corrected chi connectivity index (χ2v) is 25.6. The predicted octanol–water partition coefficient (Wildman–Crippen LogP) is 1.17. The summed E-state index contributed by atoms with van der Waals surface area (Å²) >= 11 is 10.8. The van der Waals surface area contributed by atoms with Crippen molar-refractivity contribution in [3.63, 3.8) is 0 Å². The lowest BCUT2D eigenvalue weighted by molar-refractivity contribution is -0.166. The minimum Gasteiger partial charge on any atom is -0.481 e. The number of hydrogen-bond donors (Lipinski definition) is 20. The predicted molar refractivity (Wildman–Crippen MR) is 398 cm³/mol. The Morgan fingerprint density at radius 2 is 0.963 bits per heavy atom. The summed E-state index contributed by atoms with van der Waals surface area (Å²) in [4.78, 5) is 188. The quantitative estimate of drug-likeness (QED) is 0.0128. The van der Waals surface area contributed by atoms with Gasteiger partial charge in [-0.25, -0.2) is 34.7 Å². The summed E-state index contributed by atoms with van der Waals surface area (Å²) in [5.41, 5.74) is 7.13. The number of carbonyl (C=O) groups excluding carboxylic acids is 9.